The number of hydrogen-bond donors (Lipinski definition) is 0. The first-order chi connectivity index (χ1) is 7.26. The fourth-order valence-corrected chi connectivity index (χ4v) is 1.93. The zero-order chi connectivity index (χ0) is 10.7. The van der Waals surface area contributed by atoms with Crippen LogP contribution in [0.4, 0.5) is 0 Å². The maximum Gasteiger partial charge on any atom is 0.335 e. The van der Waals surface area contributed by atoms with Gasteiger partial charge in [0.05, 0.1) is 12.0 Å². The van der Waals surface area contributed by atoms with Gasteiger partial charge in [0.1, 0.15) is 0 Å². The molecule has 0 aromatic heterocycles. The second-order valence-electron chi connectivity index (χ2n) is 3.45. The normalized spacial score (nSPS) is 24.4. The summed E-state index contributed by atoms with van der Waals surface area (Å²) >= 11 is 6.29. The van der Waals surface area contributed by atoms with E-state index in [0.717, 1.165) is 11.1 Å². The first kappa shape index (κ1) is 10.0. The van der Waals surface area contributed by atoms with Crippen LogP contribution in [0.3, 0.4) is 0 Å². The number of rotatable bonds is 1. The summed E-state index contributed by atoms with van der Waals surface area (Å²) in [5.74, 6) is 0. The van der Waals surface area contributed by atoms with Crippen LogP contribution in [0.5, 0.6) is 0 Å². The molecule has 2 heteroatoms. The molecular formula is C13H10ClN. The third kappa shape index (κ3) is 1.82. The molecule has 15 heavy (non-hydrogen) atoms. The Kier molecular flexibility index (Phi) is 2.62. The van der Waals surface area contributed by atoms with Gasteiger partial charge in [-0.2, -0.15) is 0 Å². The largest absolute Gasteiger partial charge is 0.335 e. The Hall–Kier alpha value is -1.52. The molecular weight excluding hydrogens is 206 g/mol. The standard InChI is InChI=1S/C13H10ClN/c1-15-13(14)10-6-5-9-12(13)11-7-3-2-4-8-11/h2-9H,10H2. The molecule has 1 aromatic rings. The number of nitrogens with zero attached hydrogens (tertiary/aromatic N) is 1. The second-order valence-corrected chi connectivity index (χ2v) is 4.08. The van der Waals surface area contributed by atoms with Crippen LogP contribution in [-0.4, -0.2) is 5.00 Å². The van der Waals surface area contributed by atoms with Crippen molar-refractivity contribution < 1.29 is 0 Å². The van der Waals surface area contributed by atoms with Crippen LogP contribution >= 0.6 is 11.6 Å². The van der Waals surface area contributed by atoms with E-state index in [-0.39, 0.29) is 0 Å². The molecule has 1 nitrogen and oxygen atoms in total. The lowest BCUT2D eigenvalue weighted by Crippen LogP contribution is -2.19. The average Bonchev–Trinajstić information content (AvgIpc) is 2.31. The molecule has 0 radical (unpaired) electrons. The Balaban J connectivity index is 2.48. The van der Waals surface area contributed by atoms with E-state index in [1.807, 2.05) is 48.6 Å². The number of alkyl halides is 1. The topological polar surface area (TPSA) is 4.36 Å². The summed E-state index contributed by atoms with van der Waals surface area (Å²) in [5.41, 5.74) is 1.91. The molecule has 0 aliphatic heterocycles. The third-order valence-electron chi connectivity index (χ3n) is 2.46. The fraction of sp³-hybridized carbons (Fsp3) is 0.154. The lowest BCUT2D eigenvalue weighted by atomic mass is 9.92. The van der Waals surface area contributed by atoms with Crippen molar-refractivity contribution in [3.8, 4) is 0 Å². The summed E-state index contributed by atoms with van der Waals surface area (Å²) in [4.78, 5) is 2.61. The van der Waals surface area contributed by atoms with Crippen molar-refractivity contribution in [3.63, 3.8) is 0 Å². The van der Waals surface area contributed by atoms with Crippen molar-refractivity contribution in [2.45, 2.75) is 11.4 Å². The highest BCUT2D eigenvalue weighted by atomic mass is 35.5. The van der Waals surface area contributed by atoms with Gasteiger partial charge >= 0.3 is 5.00 Å². The number of benzene rings is 1. The van der Waals surface area contributed by atoms with Crippen LogP contribution in [0.15, 0.2) is 48.6 Å². The molecule has 0 spiro atoms. The van der Waals surface area contributed by atoms with Gasteiger partial charge in [-0.15, -0.1) is 0 Å². The maximum absolute atomic E-state index is 7.19. The third-order valence-corrected chi connectivity index (χ3v) is 2.90. The van der Waals surface area contributed by atoms with Gasteiger partial charge in [0.15, 0.2) is 0 Å². The van der Waals surface area contributed by atoms with Gasteiger partial charge in [0.25, 0.3) is 0 Å². The first-order valence-corrected chi connectivity index (χ1v) is 5.14. The molecule has 1 aliphatic rings. The predicted octanol–water partition coefficient (Wildman–Crippen LogP) is 3.88. The van der Waals surface area contributed by atoms with Gasteiger partial charge in [-0.25, -0.2) is 6.57 Å². The van der Waals surface area contributed by atoms with Crippen molar-refractivity contribution in [2.24, 2.45) is 0 Å². The Morgan fingerprint density at radius 1 is 1.27 bits per heavy atom. The van der Waals surface area contributed by atoms with Crippen LogP contribution in [-0.2, 0) is 0 Å². The van der Waals surface area contributed by atoms with Crippen molar-refractivity contribution in [1.82, 2.24) is 0 Å². The molecule has 1 aliphatic carbocycles. The minimum absolute atomic E-state index is 0.568. The van der Waals surface area contributed by atoms with Crippen LogP contribution < -0.4 is 0 Å². The molecule has 0 amide bonds. The van der Waals surface area contributed by atoms with Gasteiger partial charge in [-0.3, -0.25) is 4.85 Å². The lowest BCUT2D eigenvalue weighted by Gasteiger charge is -2.19. The monoisotopic (exact) mass is 215 g/mol. The number of halogens is 1. The molecule has 1 aromatic carbocycles. The molecule has 0 bridgehead atoms. The highest BCUT2D eigenvalue weighted by Crippen LogP contribution is 2.40. The highest BCUT2D eigenvalue weighted by molar-refractivity contribution is 6.31. The summed E-state index contributed by atoms with van der Waals surface area (Å²) in [6.07, 6.45) is 6.37. The van der Waals surface area contributed by atoms with E-state index in [1.165, 1.54) is 0 Å². The first-order valence-electron chi connectivity index (χ1n) is 4.76. The Morgan fingerprint density at radius 3 is 2.67 bits per heavy atom. The van der Waals surface area contributed by atoms with E-state index in [9.17, 15) is 0 Å². The highest BCUT2D eigenvalue weighted by Gasteiger charge is 2.39. The van der Waals surface area contributed by atoms with Gasteiger partial charge < -0.3 is 0 Å². The van der Waals surface area contributed by atoms with Crippen LogP contribution in [0, 0.1) is 6.57 Å². The van der Waals surface area contributed by atoms with E-state index in [4.69, 9.17) is 18.2 Å². The summed E-state index contributed by atoms with van der Waals surface area (Å²) in [6.45, 7) is 7.19. The van der Waals surface area contributed by atoms with Gasteiger partial charge in [-0.05, 0) is 23.2 Å². The minimum atomic E-state index is -0.921. The van der Waals surface area contributed by atoms with E-state index < -0.39 is 5.00 Å². The van der Waals surface area contributed by atoms with Crippen LogP contribution in [0.2, 0.25) is 0 Å². The molecule has 0 fully saturated rings. The fourth-order valence-electron chi connectivity index (χ4n) is 1.67. The van der Waals surface area contributed by atoms with E-state index >= 15 is 0 Å². The maximum atomic E-state index is 7.19. The van der Waals surface area contributed by atoms with Gasteiger partial charge in [0, 0.05) is 0 Å². The molecule has 1 atom stereocenters. The molecule has 74 valence electrons. The molecule has 1 unspecified atom stereocenters. The molecule has 0 N–H and O–H groups in total. The zero-order valence-electron chi connectivity index (χ0n) is 8.15. The molecule has 2 rings (SSSR count). The summed E-state index contributed by atoms with van der Waals surface area (Å²) in [5, 5.41) is 0. The second kappa shape index (κ2) is 3.92. The SMILES string of the molecule is [C-]#[N+]C1(Cl)CC=CC=C1c1ccccc1. The van der Waals surface area contributed by atoms with Crippen molar-refractivity contribution in [1.29, 1.82) is 0 Å². The lowest BCUT2D eigenvalue weighted by molar-refractivity contribution is 0.882. The number of allylic oxidation sites excluding steroid dienone is 2. The zero-order valence-corrected chi connectivity index (χ0v) is 8.91. The molecule has 0 saturated heterocycles. The van der Waals surface area contributed by atoms with E-state index in [2.05, 4.69) is 4.85 Å². The average molecular weight is 216 g/mol. The Labute approximate surface area is 94.5 Å². The van der Waals surface area contributed by atoms with Gasteiger partial charge in [-0.1, -0.05) is 42.5 Å². The summed E-state index contributed by atoms with van der Waals surface area (Å²) in [6, 6.07) is 9.82. The van der Waals surface area contributed by atoms with Crippen LogP contribution in [0.1, 0.15) is 12.0 Å². The van der Waals surface area contributed by atoms with Crippen molar-refractivity contribution in [3.05, 3.63) is 65.5 Å². The van der Waals surface area contributed by atoms with E-state index in [1.54, 1.807) is 0 Å². The molecule has 0 heterocycles. The molecule has 0 saturated carbocycles. The van der Waals surface area contributed by atoms with Crippen molar-refractivity contribution >= 4 is 17.2 Å². The smallest absolute Gasteiger partial charge is 0.287 e. The van der Waals surface area contributed by atoms with Gasteiger partial charge in [0.2, 0.25) is 0 Å². The number of hydrogen-bond acceptors (Lipinski definition) is 0. The minimum Gasteiger partial charge on any atom is -0.287 e. The summed E-state index contributed by atoms with van der Waals surface area (Å²) in [7, 11) is 0. The van der Waals surface area contributed by atoms with Crippen LogP contribution in [0.25, 0.3) is 10.4 Å². The Morgan fingerprint density at radius 2 is 2.00 bits per heavy atom. The quantitative estimate of drug-likeness (QED) is 0.380. The summed E-state index contributed by atoms with van der Waals surface area (Å²) < 4.78 is 0. The Bertz CT molecular complexity index is 453. The van der Waals surface area contributed by atoms with E-state index in [0.29, 0.717) is 6.42 Å². The predicted molar refractivity (Wildman–Crippen MR) is 63.4 cm³/mol. The van der Waals surface area contributed by atoms with Crippen molar-refractivity contribution in [2.75, 3.05) is 0 Å².